The number of amides is 1. The summed E-state index contributed by atoms with van der Waals surface area (Å²) in [7, 11) is 0. The van der Waals surface area contributed by atoms with Crippen molar-refractivity contribution in [3.05, 3.63) is 18.0 Å². The van der Waals surface area contributed by atoms with Crippen LogP contribution in [0.4, 0.5) is 8.78 Å². The molecule has 1 N–H and O–H groups in total. The van der Waals surface area contributed by atoms with Crippen LogP contribution >= 0.6 is 0 Å². The van der Waals surface area contributed by atoms with Crippen LogP contribution in [-0.2, 0) is 4.74 Å². The molecule has 0 spiro atoms. The lowest BCUT2D eigenvalue weighted by molar-refractivity contribution is -0.0524. The van der Waals surface area contributed by atoms with Crippen molar-refractivity contribution in [2.75, 3.05) is 45.9 Å². The number of ether oxygens (including phenoxy) is 1. The highest BCUT2D eigenvalue weighted by Gasteiger charge is 2.37. The zero-order chi connectivity index (χ0) is 17.2. The molecule has 0 radical (unpaired) electrons. The molecule has 1 amide bonds. The van der Waals surface area contributed by atoms with Crippen molar-refractivity contribution in [1.82, 2.24) is 19.6 Å². The van der Waals surface area contributed by atoms with Crippen LogP contribution in [0.2, 0.25) is 0 Å². The third kappa shape index (κ3) is 3.90. The van der Waals surface area contributed by atoms with E-state index in [1.807, 2.05) is 0 Å². The molecule has 0 aliphatic carbocycles. The molecule has 2 fully saturated rings. The molecule has 134 valence electrons. The van der Waals surface area contributed by atoms with Crippen molar-refractivity contribution in [3.63, 3.8) is 0 Å². The highest BCUT2D eigenvalue weighted by molar-refractivity contribution is 5.92. The van der Waals surface area contributed by atoms with Gasteiger partial charge in [0.15, 0.2) is 5.69 Å². The minimum atomic E-state index is -2.79. The van der Waals surface area contributed by atoms with Gasteiger partial charge in [-0.3, -0.25) is 4.79 Å². The molecule has 2 aliphatic rings. The van der Waals surface area contributed by atoms with E-state index in [0.29, 0.717) is 24.4 Å². The molecule has 0 bridgehead atoms. The Morgan fingerprint density at radius 1 is 1.38 bits per heavy atom. The zero-order valence-corrected chi connectivity index (χ0v) is 13.4. The van der Waals surface area contributed by atoms with Crippen LogP contribution in [0, 0.1) is 0 Å². The number of nitrogens with zero attached hydrogens (tertiary/aromatic N) is 4. The number of aromatic nitrogens is 2. The second-order valence-electron chi connectivity index (χ2n) is 6.45. The van der Waals surface area contributed by atoms with Crippen LogP contribution in [0.15, 0.2) is 12.3 Å². The number of β-amino-alcohol motifs (C(OH)–C–C–N with tert-alkyl or cyclic N) is 1. The number of hydrogen-bond donors (Lipinski definition) is 1. The van der Waals surface area contributed by atoms with Crippen LogP contribution in [0.1, 0.15) is 29.9 Å². The number of halogens is 2. The van der Waals surface area contributed by atoms with Crippen LogP contribution in [0.3, 0.4) is 0 Å². The van der Waals surface area contributed by atoms with Crippen LogP contribution in [0.25, 0.3) is 0 Å². The fourth-order valence-electron chi connectivity index (χ4n) is 3.27. The first-order valence-corrected chi connectivity index (χ1v) is 8.12. The van der Waals surface area contributed by atoms with Gasteiger partial charge in [-0.1, -0.05) is 0 Å². The minimum absolute atomic E-state index is 0.0549. The molecule has 1 atom stereocenters. The van der Waals surface area contributed by atoms with E-state index in [-0.39, 0.29) is 18.8 Å². The Balaban J connectivity index is 1.69. The second-order valence-corrected chi connectivity index (χ2v) is 6.45. The molecule has 2 aliphatic heterocycles. The molecule has 1 aromatic rings. The SMILES string of the molecule is O=C(c1ccn(C(F)F)n1)N1CCOC[C@](O)(CN2CCCC2)C1. The molecule has 24 heavy (non-hydrogen) atoms. The molecular weight excluding hydrogens is 322 g/mol. The van der Waals surface area contributed by atoms with E-state index in [1.54, 1.807) is 0 Å². The molecule has 3 rings (SSSR count). The Hall–Kier alpha value is -1.58. The Morgan fingerprint density at radius 3 is 2.79 bits per heavy atom. The summed E-state index contributed by atoms with van der Waals surface area (Å²) < 4.78 is 31.1. The maximum atomic E-state index is 12.6. The smallest absolute Gasteiger partial charge is 0.333 e. The Kier molecular flexibility index (Phi) is 5.12. The van der Waals surface area contributed by atoms with E-state index >= 15 is 0 Å². The molecule has 0 unspecified atom stereocenters. The van der Waals surface area contributed by atoms with E-state index in [4.69, 9.17) is 4.74 Å². The molecule has 1 aromatic heterocycles. The van der Waals surface area contributed by atoms with Gasteiger partial charge in [-0.25, -0.2) is 4.68 Å². The maximum absolute atomic E-state index is 12.6. The third-order valence-electron chi connectivity index (χ3n) is 4.39. The summed E-state index contributed by atoms with van der Waals surface area (Å²) in [6, 6.07) is 1.26. The first-order valence-electron chi connectivity index (χ1n) is 8.12. The summed E-state index contributed by atoms with van der Waals surface area (Å²) >= 11 is 0. The lowest BCUT2D eigenvalue weighted by Gasteiger charge is -2.33. The number of likely N-dealkylation sites (tertiary alicyclic amines) is 1. The monoisotopic (exact) mass is 344 g/mol. The zero-order valence-electron chi connectivity index (χ0n) is 13.4. The first-order chi connectivity index (χ1) is 11.5. The molecule has 3 heterocycles. The van der Waals surface area contributed by atoms with Crippen LogP contribution < -0.4 is 0 Å². The van der Waals surface area contributed by atoms with Gasteiger partial charge in [0, 0.05) is 19.3 Å². The normalized spacial score (nSPS) is 26.1. The van der Waals surface area contributed by atoms with Crippen molar-refractivity contribution in [1.29, 1.82) is 0 Å². The van der Waals surface area contributed by atoms with Gasteiger partial charge in [-0.15, -0.1) is 0 Å². The van der Waals surface area contributed by atoms with Crippen LogP contribution in [-0.4, -0.2) is 82.1 Å². The topological polar surface area (TPSA) is 70.8 Å². The van der Waals surface area contributed by atoms with Crippen molar-refractivity contribution < 1.29 is 23.4 Å². The first kappa shape index (κ1) is 17.2. The summed E-state index contributed by atoms with van der Waals surface area (Å²) in [5.41, 5.74) is -1.22. The summed E-state index contributed by atoms with van der Waals surface area (Å²) in [5.74, 6) is -0.472. The average molecular weight is 344 g/mol. The number of carbonyl (C=O) groups is 1. The van der Waals surface area contributed by atoms with Crippen molar-refractivity contribution in [3.8, 4) is 0 Å². The van der Waals surface area contributed by atoms with E-state index in [1.165, 1.54) is 11.0 Å². The molecule has 0 aromatic carbocycles. The van der Waals surface area contributed by atoms with Crippen molar-refractivity contribution in [2.45, 2.75) is 25.0 Å². The summed E-state index contributed by atoms with van der Waals surface area (Å²) in [6.45, 7) is 0.340. The fourth-order valence-corrected chi connectivity index (χ4v) is 3.27. The second kappa shape index (κ2) is 7.12. The standard InChI is InChI=1S/C15H22F2N4O3/c16-14(17)21-6-3-12(18-21)13(22)20-7-8-24-11-15(23,10-20)9-19-4-1-2-5-19/h3,6,14,23H,1-2,4-5,7-11H2/t15-/m0/s1. The fraction of sp³-hybridized carbons (Fsp3) is 0.733. The van der Waals surface area contributed by atoms with Gasteiger partial charge in [-0.05, 0) is 32.0 Å². The molecule has 7 nitrogen and oxygen atoms in total. The summed E-state index contributed by atoms with van der Waals surface area (Å²) in [6.07, 6.45) is 3.28. The van der Waals surface area contributed by atoms with E-state index in [9.17, 15) is 18.7 Å². The van der Waals surface area contributed by atoms with Gasteiger partial charge in [0.2, 0.25) is 0 Å². The van der Waals surface area contributed by atoms with Crippen LogP contribution in [0.5, 0.6) is 0 Å². The highest BCUT2D eigenvalue weighted by atomic mass is 19.3. The number of carbonyl (C=O) groups excluding carboxylic acids is 1. The highest BCUT2D eigenvalue weighted by Crippen LogP contribution is 2.19. The van der Waals surface area contributed by atoms with Gasteiger partial charge < -0.3 is 19.6 Å². The van der Waals surface area contributed by atoms with E-state index in [2.05, 4.69) is 10.00 Å². The molecule has 2 saturated heterocycles. The lowest BCUT2D eigenvalue weighted by atomic mass is 10.0. The molecular formula is C15H22F2N4O3. The predicted molar refractivity (Wildman–Crippen MR) is 80.8 cm³/mol. The Morgan fingerprint density at radius 2 is 2.12 bits per heavy atom. The van der Waals surface area contributed by atoms with Crippen molar-refractivity contribution >= 4 is 5.91 Å². The number of hydrogen-bond acceptors (Lipinski definition) is 5. The predicted octanol–water partition coefficient (Wildman–Crippen LogP) is 0.577. The summed E-state index contributed by atoms with van der Waals surface area (Å²) in [5, 5.41) is 14.5. The van der Waals surface area contributed by atoms with Crippen molar-refractivity contribution in [2.24, 2.45) is 0 Å². The molecule has 0 saturated carbocycles. The van der Waals surface area contributed by atoms with E-state index in [0.717, 1.165) is 32.1 Å². The van der Waals surface area contributed by atoms with E-state index < -0.39 is 18.1 Å². The number of alkyl halides is 2. The number of aliphatic hydroxyl groups is 1. The Labute approximate surface area is 138 Å². The number of rotatable bonds is 4. The van der Waals surface area contributed by atoms with Gasteiger partial charge in [0.25, 0.3) is 5.91 Å². The summed E-state index contributed by atoms with van der Waals surface area (Å²) in [4.78, 5) is 16.1. The third-order valence-corrected chi connectivity index (χ3v) is 4.39. The van der Waals surface area contributed by atoms with Gasteiger partial charge in [0.05, 0.1) is 19.8 Å². The average Bonchev–Trinajstić information content (AvgIpc) is 3.17. The Bertz CT molecular complexity index is 577. The quantitative estimate of drug-likeness (QED) is 0.865. The van der Waals surface area contributed by atoms with Gasteiger partial charge in [-0.2, -0.15) is 13.9 Å². The minimum Gasteiger partial charge on any atom is -0.384 e. The molecule has 9 heteroatoms. The van der Waals surface area contributed by atoms with Gasteiger partial charge in [0.1, 0.15) is 5.60 Å². The van der Waals surface area contributed by atoms with Gasteiger partial charge >= 0.3 is 6.55 Å². The largest absolute Gasteiger partial charge is 0.384 e. The lowest BCUT2D eigenvalue weighted by Crippen LogP contribution is -2.53. The maximum Gasteiger partial charge on any atom is 0.333 e.